The first-order chi connectivity index (χ1) is 9.09. The first-order valence-electron chi connectivity index (χ1n) is 6.89. The van der Waals surface area contributed by atoms with Crippen molar-refractivity contribution in [1.82, 2.24) is 9.78 Å². The Labute approximate surface area is 115 Å². The van der Waals surface area contributed by atoms with E-state index in [-0.39, 0.29) is 6.04 Å². The zero-order valence-electron chi connectivity index (χ0n) is 12.1. The average molecular weight is 257 g/mol. The van der Waals surface area contributed by atoms with Crippen molar-refractivity contribution in [3.05, 3.63) is 52.8 Å². The van der Waals surface area contributed by atoms with Crippen molar-refractivity contribution in [2.24, 2.45) is 12.8 Å². The SMILES string of the molecule is Cc1nn(C)c(C)c1C(N)CCCc1ccccc1. The number of hydrogen-bond acceptors (Lipinski definition) is 2. The highest BCUT2D eigenvalue weighted by Crippen LogP contribution is 2.23. The van der Waals surface area contributed by atoms with E-state index in [9.17, 15) is 0 Å². The lowest BCUT2D eigenvalue weighted by Crippen LogP contribution is -2.12. The van der Waals surface area contributed by atoms with Gasteiger partial charge in [0, 0.05) is 24.3 Å². The molecule has 0 radical (unpaired) electrons. The van der Waals surface area contributed by atoms with Gasteiger partial charge in [-0.2, -0.15) is 5.10 Å². The summed E-state index contributed by atoms with van der Waals surface area (Å²) in [6.45, 7) is 4.13. The van der Waals surface area contributed by atoms with E-state index in [1.165, 1.54) is 16.8 Å². The molecule has 19 heavy (non-hydrogen) atoms. The maximum atomic E-state index is 6.32. The quantitative estimate of drug-likeness (QED) is 0.894. The molecule has 3 nitrogen and oxygen atoms in total. The maximum absolute atomic E-state index is 6.32. The summed E-state index contributed by atoms with van der Waals surface area (Å²) >= 11 is 0. The Morgan fingerprint density at radius 1 is 1.21 bits per heavy atom. The number of nitrogens with zero attached hydrogens (tertiary/aromatic N) is 2. The lowest BCUT2D eigenvalue weighted by atomic mass is 9.98. The molecule has 102 valence electrons. The summed E-state index contributed by atoms with van der Waals surface area (Å²) in [6.07, 6.45) is 3.20. The van der Waals surface area contributed by atoms with Gasteiger partial charge in [0.25, 0.3) is 0 Å². The molecule has 1 atom stereocenters. The molecule has 0 saturated carbocycles. The highest BCUT2D eigenvalue weighted by Gasteiger charge is 2.16. The van der Waals surface area contributed by atoms with Gasteiger partial charge < -0.3 is 5.73 Å². The largest absolute Gasteiger partial charge is 0.324 e. The zero-order chi connectivity index (χ0) is 13.8. The molecule has 1 heterocycles. The second-order valence-electron chi connectivity index (χ2n) is 5.19. The monoisotopic (exact) mass is 257 g/mol. The third-order valence-corrected chi connectivity index (χ3v) is 3.76. The summed E-state index contributed by atoms with van der Waals surface area (Å²) in [4.78, 5) is 0. The number of hydrogen-bond donors (Lipinski definition) is 1. The summed E-state index contributed by atoms with van der Waals surface area (Å²) in [5.41, 5.74) is 11.2. The molecule has 0 amide bonds. The zero-order valence-corrected chi connectivity index (χ0v) is 12.1. The number of rotatable bonds is 5. The Kier molecular flexibility index (Phi) is 4.38. The van der Waals surface area contributed by atoms with Crippen molar-refractivity contribution < 1.29 is 0 Å². The number of nitrogens with two attached hydrogens (primary N) is 1. The Morgan fingerprint density at radius 3 is 2.47 bits per heavy atom. The van der Waals surface area contributed by atoms with Crippen molar-refractivity contribution in [3.63, 3.8) is 0 Å². The average Bonchev–Trinajstić information content (AvgIpc) is 2.64. The van der Waals surface area contributed by atoms with Gasteiger partial charge in [0.1, 0.15) is 0 Å². The van der Waals surface area contributed by atoms with E-state index in [1.807, 2.05) is 18.7 Å². The van der Waals surface area contributed by atoms with Crippen LogP contribution in [0.1, 0.15) is 41.4 Å². The third kappa shape index (κ3) is 3.24. The van der Waals surface area contributed by atoms with Crippen LogP contribution >= 0.6 is 0 Å². The van der Waals surface area contributed by atoms with Crippen molar-refractivity contribution in [2.75, 3.05) is 0 Å². The van der Waals surface area contributed by atoms with E-state index < -0.39 is 0 Å². The molecule has 1 aromatic heterocycles. The topological polar surface area (TPSA) is 43.8 Å². The minimum atomic E-state index is 0.0948. The van der Waals surface area contributed by atoms with Crippen LogP contribution in [0.3, 0.4) is 0 Å². The van der Waals surface area contributed by atoms with Gasteiger partial charge in [-0.1, -0.05) is 30.3 Å². The number of aromatic nitrogens is 2. The number of aryl methyl sites for hydroxylation is 3. The van der Waals surface area contributed by atoms with E-state index in [0.717, 1.165) is 25.0 Å². The highest BCUT2D eigenvalue weighted by atomic mass is 15.3. The van der Waals surface area contributed by atoms with Crippen molar-refractivity contribution >= 4 is 0 Å². The van der Waals surface area contributed by atoms with Gasteiger partial charge >= 0.3 is 0 Å². The number of benzene rings is 1. The van der Waals surface area contributed by atoms with Crippen molar-refractivity contribution in [1.29, 1.82) is 0 Å². The van der Waals surface area contributed by atoms with Crippen LogP contribution < -0.4 is 5.73 Å². The standard InChI is InChI=1S/C16H23N3/c1-12-16(13(2)19(3)18-12)15(17)11-7-10-14-8-5-4-6-9-14/h4-6,8-9,15H,7,10-11,17H2,1-3H3. The van der Waals surface area contributed by atoms with Crippen LogP contribution in [0.5, 0.6) is 0 Å². The summed E-state index contributed by atoms with van der Waals surface area (Å²) in [7, 11) is 1.97. The third-order valence-electron chi connectivity index (χ3n) is 3.76. The molecule has 2 aromatic rings. The predicted molar refractivity (Wildman–Crippen MR) is 79.0 cm³/mol. The van der Waals surface area contributed by atoms with Gasteiger partial charge in [0.2, 0.25) is 0 Å². The van der Waals surface area contributed by atoms with E-state index in [4.69, 9.17) is 5.73 Å². The van der Waals surface area contributed by atoms with Gasteiger partial charge in [-0.25, -0.2) is 0 Å². The van der Waals surface area contributed by atoms with Crippen LogP contribution in [0, 0.1) is 13.8 Å². The smallest absolute Gasteiger partial charge is 0.0644 e. The molecule has 1 aromatic carbocycles. The highest BCUT2D eigenvalue weighted by molar-refractivity contribution is 5.27. The molecule has 3 heteroatoms. The molecule has 2 N–H and O–H groups in total. The summed E-state index contributed by atoms with van der Waals surface area (Å²) < 4.78 is 1.92. The van der Waals surface area contributed by atoms with E-state index in [2.05, 4.69) is 42.4 Å². The molecule has 0 saturated heterocycles. The van der Waals surface area contributed by atoms with Gasteiger partial charge in [0.15, 0.2) is 0 Å². The summed E-state index contributed by atoms with van der Waals surface area (Å²) in [5, 5.41) is 4.43. The van der Waals surface area contributed by atoms with Gasteiger partial charge in [-0.05, 0) is 38.7 Å². The van der Waals surface area contributed by atoms with Crippen LogP contribution in [0.4, 0.5) is 0 Å². The fourth-order valence-corrected chi connectivity index (χ4v) is 2.64. The van der Waals surface area contributed by atoms with E-state index in [0.29, 0.717) is 0 Å². The summed E-state index contributed by atoms with van der Waals surface area (Å²) in [5.74, 6) is 0. The van der Waals surface area contributed by atoms with E-state index >= 15 is 0 Å². The molecule has 0 aliphatic heterocycles. The fraction of sp³-hybridized carbons (Fsp3) is 0.438. The molecular formula is C16H23N3. The Balaban J connectivity index is 1.93. The van der Waals surface area contributed by atoms with Gasteiger partial charge in [-0.3, -0.25) is 4.68 Å². The van der Waals surface area contributed by atoms with E-state index in [1.54, 1.807) is 0 Å². The van der Waals surface area contributed by atoms with Crippen molar-refractivity contribution in [2.45, 2.75) is 39.2 Å². The minimum Gasteiger partial charge on any atom is -0.324 e. The van der Waals surface area contributed by atoms with Gasteiger partial charge in [0.05, 0.1) is 5.69 Å². The lowest BCUT2D eigenvalue weighted by molar-refractivity contribution is 0.605. The molecule has 2 rings (SSSR count). The first kappa shape index (κ1) is 13.8. The lowest BCUT2D eigenvalue weighted by Gasteiger charge is -2.12. The fourth-order valence-electron chi connectivity index (χ4n) is 2.64. The molecule has 1 unspecified atom stereocenters. The molecule has 0 aliphatic carbocycles. The van der Waals surface area contributed by atoms with Gasteiger partial charge in [-0.15, -0.1) is 0 Å². The van der Waals surface area contributed by atoms with Crippen LogP contribution in [0.2, 0.25) is 0 Å². The predicted octanol–water partition coefficient (Wildman–Crippen LogP) is 3.06. The van der Waals surface area contributed by atoms with Crippen molar-refractivity contribution in [3.8, 4) is 0 Å². The van der Waals surface area contributed by atoms with Crippen LogP contribution in [-0.4, -0.2) is 9.78 Å². The maximum Gasteiger partial charge on any atom is 0.0644 e. The summed E-state index contributed by atoms with van der Waals surface area (Å²) in [6, 6.07) is 10.7. The molecular weight excluding hydrogens is 234 g/mol. The molecule has 0 aliphatic rings. The molecule has 0 spiro atoms. The minimum absolute atomic E-state index is 0.0948. The Bertz CT molecular complexity index is 528. The Morgan fingerprint density at radius 2 is 1.89 bits per heavy atom. The second kappa shape index (κ2) is 6.02. The molecule has 0 bridgehead atoms. The molecule has 0 fully saturated rings. The van der Waals surface area contributed by atoms with Crippen LogP contribution in [0.25, 0.3) is 0 Å². The normalized spacial score (nSPS) is 12.6. The second-order valence-corrected chi connectivity index (χ2v) is 5.19. The van der Waals surface area contributed by atoms with Crippen LogP contribution in [0.15, 0.2) is 30.3 Å². The van der Waals surface area contributed by atoms with Crippen LogP contribution in [-0.2, 0) is 13.5 Å². The first-order valence-corrected chi connectivity index (χ1v) is 6.89. The Hall–Kier alpha value is -1.61.